The summed E-state index contributed by atoms with van der Waals surface area (Å²) >= 11 is 0. The Morgan fingerprint density at radius 3 is 2.29 bits per heavy atom. The van der Waals surface area contributed by atoms with Gasteiger partial charge < -0.3 is 5.32 Å². The predicted octanol–water partition coefficient (Wildman–Crippen LogP) is 2.15. The Morgan fingerprint density at radius 2 is 1.81 bits per heavy atom. The second-order valence-electron chi connectivity index (χ2n) is 5.48. The lowest BCUT2D eigenvalue weighted by Crippen LogP contribution is -2.43. The molecule has 1 heterocycles. The second kappa shape index (κ2) is 5.68. The lowest BCUT2D eigenvalue weighted by molar-refractivity contribution is -0.130. The number of amides is 3. The number of urea groups is 1. The molecule has 112 valence electrons. The van der Waals surface area contributed by atoms with Gasteiger partial charge in [-0.3, -0.25) is 14.5 Å². The zero-order chi connectivity index (χ0) is 15.6. The van der Waals surface area contributed by atoms with Crippen LogP contribution in [0.1, 0.15) is 43.1 Å². The molecule has 2 rings (SSSR count). The molecule has 1 N–H and O–H groups in total. The predicted molar refractivity (Wildman–Crippen MR) is 79.1 cm³/mol. The molecule has 0 bridgehead atoms. The molecule has 1 unspecified atom stereocenters. The fourth-order valence-electron chi connectivity index (χ4n) is 2.29. The second-order valence-corrected chi connectivity index (χ2v) is 5.48. The zero-order valence-electron chi connectivity index (χ0n) is 12.6. The van der Waals surface area contributed by atoms with Crippen LogP contribution in [-0.4, -0.2) is 34.7 Å². The molecule has 0 radical (unpaired) electrons. The topological polar surface area (TPSA) is 66.5 Å². The molecule has 1 fully saturated rings. The first kappa shape index (κ1) is 15.2. The summed E-state index contributed by atoms with van der Waals surface area (Å²) in [5.41, 5.74) is 0.752. The molecule has 1 atom stereocenters. The summed E-state index contributed by atoms with van der Waals surface area (Å²) in [6.45, 7) is 5.32. The Morgan fingerprint density at radius 1 is 1.19 bits per heavy atom. The molecule has 1 aliphatic rings. The number of imide groups is 1. The highest BCUT2D eigenvalue weighted by molar-refractivity contribution is 6.10. The third-order valence-corrected chi connectivity index (χ3v) is 4.04. The van der Waals surface area contributed by atoms with Gasteiger partial charge in [0.05, 0.1) is 6.54 Å². The Labute approximate surface area is 124 Å². The van der Waals surface area contributed by atoms with E-state index in [1.165, 1.54) is 0 Å². The van der Waals surface area contributed by atoms with Crippen LogP contribution in [0.3, 0.4) is 0 Å². The van der Waals surface area contributed by atoms with E-state index in [-0.39, 0.29) is 18.2 Å². The molecule has 5 nitrogen and oxygen atoms in total. The maximum Gasteiger partial charge on any atom is 0.325 e. The number of benzene rings is 1. The van der Waals surface area contributed by atoms with Crippen LogP contribution in [0.5, 0.6) is 0 Å². The molecule has 0 spiro atoms. The largest absolute Gasteiger partial charge is 0.325 e. The first-order valence-corrected chi connectivity index (χ1v) is 7.17. The monoisotopic (exact) mass is 288 g/mol. The molecule has 1 saturated heterocycles. The van der Waals surface area contributed by atoms with Crippen molar-refractivity contribution in [2.75, 3.05) is 6.54 Å². The highest BCUT2D eigenvalue weighted by atomic mass is 16.2. The quantitative estimate of drug-likeness (QED) is 0.667. The van der Waals surface area contributed by atoms with Gasteiger partial charge >= 0.3 is 6.03 Å². The maximum absolute atomic E-state index is 12.2. The van der Waals surface area contributed by atoms with E-state index in [9.17, 15) is 14.4 Å². The van der Waals surface area contributed by atoms with Crippen molar-refractivity contribution in [2.45, 2.75) is 39.2 Å². The van der Waals surface area contributed by atoms with Crippen LogP contribution in [0.2, 0.25) is 0 Å². The molecule has 5 heteroatoms. The number of hydrogen-bond donors (Lipinski definition) is 1. The summed E-state index contributed by atoms with van der Waals surface area (Å²) in [4.78, 5) is 37.3. The Balaban J connectivity index is 2.12. The molecule has 1 aromatic rings. The molecular weight excluding hydrogens is 268 g/mol. The summed E-state index contributed by atoms with van der Waals surface area (Å²) in [6.07, 6.45) is 1.39. The van der Waals surface area contributed by atoms with E-state index in [1.54, 1.807) is 19.1 Å². The summed E-state index contributed by atoms with van der Waals surface area (Å²) in [5, 5.41) is 2.64. The summed E-state index contributed by atoms with van der Waals surface area (Å²) in [6, 6.07) is 6.74. The van der Waals surface area contributed by atoms with Crippen molar-refractivity contribution in [2.24, 2.45) is 0 Å². The minimum Gasteiger partial charge on any atom is -0.323 e. The van der Waals surface area contributed by atoms with E-state index in [2.05, 4.69) is 5.32 Å². The van der Waals surface area contributed by atoms with Crippen molar-refractivity contribution < 1.29 is 14.4 Å². The lowest BCUT2D eigenvalue weighted by atomic mass is 9.99. The van der Waals surface area contributed by atoms with E-state index < -0.39 is 11.6 Å². The van der Waals surface area contributed by atoms with Crippen molar-refractivity contribution in [3.8, 4) is 0 Å². The number of carbonyl (C=O) groups excluding carboxylic acids is 3. The number of nitrogens with one attached hydrogen (secondary N) is 1. The van der Waals surface area contributed by atoms with E-state index in [0.717, 1.165) is 16.9 Å². The molecule has 0 aliphatic carbocycles. The fraction of sp³-hybridized carbons (Fsp3) is 0.438. The van der Waals surface area contributed by atoms with Crippen LogP contribution in [-0.2, 0) is 11.2 Å². The third kappa shape index (κ3) is 2.82. The molecular formula is C16H20N2O3. The normalized spacial score (nSPS) is 21.6. The molecule has 1 aliphatic heterocycles. The molecule has 1 aromatic carbocycles. The van der Waals surface area contributed by atoms with Gasteiger partial charge in [0.1, 0.15) is 5.54 Å². The Hall–Kier alpha value is -2.17. The molecule has 0 aromatic heterocycles. The lowest BCUT2D eigenvalue weighted by Gasteiger charge is -2.19. The number of carbonyl (C=O) groups is 3. The minimum atomic E-state index is -0.899. The highest BCUT2D eigenvalue weighted by Gasteiger charge is 2.46. The molecule has 0 saturated carbocycles. The van der Waals surface area contributed by atoms with E-state index in [0.29, 0.717) is 12.0 Å². The molecule has 21 heavy (non-hydrogen) atoms. The van der Waals surface area contributed by atoms with Crippen LogP contribution in [0.15, 0.2) is 24.3 Å². The van der Waals surface area contributed by atoms with Crippen molar-refractivity contribution in [3.63, 3.8) is 0 Å². The highest BCUT2D eigenvalue weighted by Crippen LogP contribution is 2.21. The van der Waals surface area contributed by atoms with Crippen molar-refractivity contribution in [1.29, 1.82) is 0 Å². The first-order chi connectivity index (χ1) is 9.91. The first-order valence-electron chi connectivity index (χ1n) is 7.17. The van der Waals surface area contributed by atoms with Gasteiger partial charge in [-0.2, -0.15) is 0 Å². The Kier molecular flexibility index (Phi) is 4.11. The average molecular weight is 288 g/mol. The van der Waals surface area contributed by atoms with Gasteiger partial charge in [0.25, 0.3) is 5.91 Å². The van der Waals surface area contributed by atoms with Crippen LogP contribution in [0, 0.1) is 0 Å². The minimum absolute atomic E-state index is 0.217. The number of aryl methyl sites for hydroxylation is 1. The maximum atomic E-state index is 12.2. The van der Waals surface area contributed by atoms with Gasteiger partial charge in [0.15, 0.2) is 5.78 Å². The standard InChI is InChI=1S/C16H20N2O3/c1-4-11-6-8-12(9-7-11)13(19)10-18-14(20)16(3,5-2)17-15(18)21/h6-9H,4-5,10H2,1-3H3,(H,17,21). The van der Waals surface area contributed by atoms with Gasteiger partial charge in [0, 0.05) is 5.56 Å². The summed E-state index contributed by atoms with van der Waals surface area (Å²) in [5.74, 6) is -0.574. The van der Waals surface area contributed by atoms with Gasteiger partial charge in [-0.15, -0.1) is 0 Å². The number of hydrogen-bond acceptors (Lipinski definition) is 3. The van der Waals surface area contributed by atoms with Crippen LogP contribution in [0.25, 0.3) is 0 Å². The number of rotatable bonds is 5. The average Bonchev–Trinajstić information content (AvgIpc) is 2.71. The number of Topliss-reactive ketones (excluding diaryl/α,β-unsaturated/α-hetero) is 1. The van der Waals surface area contributed by atoms with E-state index in [1.807, 2.05) is 26.0 Å². The van der Waals surface area contributed by atoms with Gasteiger partial charge in [0.2, 0.25) is 0 Å². The summed E-state index contributed by atoms with van der Waals surface area (Å²) in [7, 11) is 0. The van der Waals surface area contributed by atoms with Crippen LogP contribution >= 0.6 is 0 Å². The number of nitrogens with zero attached hydrogens (tertiary/aromatic N) is 1. The summed E-state index contributed by atoms with van der Waals surface area (Å²) < 4.78 is 0. The Bertz CT molecular complexity index is 580. The smallest absolute Gasteiger partial charge is 0.323 e. The van der Waals surface area contributed by atoms with Crippen molar-refractivity contribution in [3.05, 3.63) is 35.4 Å². The number of ketones is 1. The SMILES string of the molecule is CCc1ccc(C(=O)CN2C(=O)NC(C)(CC)C2=O)cc1. The van der Waals surface area contributed by atoms with Gasteiger partial charge in [-0.1, -0.05) is 38.1 Å². The fourth-order valence-corrected chi connectivity index (χ4v) is 2.29. The van der Waals surface area contributed by atoms with E-state index >= 15 is 0 Å². The third-order valence-electron chi connectivity index (χ3n) is 4.04. The van der Waals surface area contributed by atoms with Crippen molar-refractivity contribution in [1.82, 2.24) is 10.2 Å². The zero-order valence-corrected chi connectivity index (χ0v) is 12.6. The van der Waals surface area contributed by atoms with E-state index in [4.69, 9.17) is 0 Å². The van der Waals surface area contributed by atoms with Crippen LogP contribution in [0.4, 0.5) is 4.79 Å². The van der Waals surface area contributed by atoms with Gasteiger partial charge in [-0.05, 0) is 25.3 Å². The molecule has 3 amide bonds. The van der Waals surface area contributed by atoms with Crippen molar-refractivity contribution >= 4 is 17.7 Å². The van der Waals surface area contributed by atoms with Crippen LogP contribution < -0.4 is 5.32 Å². The van der Waals surface area contributed by atoms with Gasteiger partial charge in [-0.25, -0.2) is 4.79 Å².